The Bertz CT molecular complexity index is 595. The lowest BCUT2D eigenvalue weighted by molar-refractivity contribution is 0.0607. The Morgan fingerprint density at radius 1 is 1.28 bits per heavy atom. The van der Waals surface area contributed by atoms with Crippen LogP contribution < -0.4 is 0 Å². The highest BCUT2D eigenvalue weighted by atomic mass is 35.5. The molecule has 0 atom stereocenters. The molecule has 94 valence electrons. The molecule has 0 fully saturated rings. The highest BCUT2D eigenvalue weighted by Gasteiger charge is 2.21. The highest BCUT2D eigenvalue weighted by Crippen LogP contribution is 2.31. The number of aryl methyl sites for hydroxylation is 1. The van der Waals surface area contributed by atoms with Gasteiger partial charge in [-0.3, -0.25) is 0 Å². The minimum absolute atomic E-state index is 0.0218. The molecule has 0 radical (unpaired) electrons. The van der Waals surface area contributed by atoms with Gasteiger partial charge in [-0.15, -0.1) is 11.3 Å². The lowest BCUT2D eigenvalue weighted by atomic mass is 10.1. The van der Waals surface area contributed by atoms with Gasteiger partial charge in [-0.1, -0.05) is 0 Å². The summed E-state index contributed by atoms with van der Waals surface area (Å²) in [6, 6.07) is 0. The number of ether oxygens (including phenoxy) is 1. The van der Waals surface area contributed by atoms with E-state index in [1.807, 2.05) is 12.3 Å². The number of thiophene rings is 1. The average molecular weight is 304 g/mol. The first-order valence-corrected chi connectivity index (χ1v) is 6.40. The van der Waals surface area contributed by atoms with E-state index in [2.05, 4.69) is 15.0 Å². The predicted octanol–water partition coefficient (Wildman–Crippen LogP) is 3.00. The van der Waals surface area contributed by atoms with Crippen LogP contribution in [0.15, 0.2) is 5.38 Å². The number of aromatic nitrogens is 3. The first kappa shape index (κ1) is 13.2. The van der Waals surface area contributed by atoms with E-state index in [-0.39, 0.29) is 16.4 Å². The van der Waals surface area contributed by atoms with Crippen molar-refractivity contribution in [1.29, 1.82) is 0 Å². The van der Waals surface area contributed by atoms with Gasteiger partial charge in [-0.2, -0.15) is 15.0 Å². The molecule has 0 spiro atoms. The zero-order valence-electron chi connectivity index (χ0n) is 9.40. The van der Waals surface area contributed by atoms with E-state index in [9.17, 15) is 4.79 Å². The van der Waals surface area contributed by atoms with Gasteiger partial charge in [-0.05, 0) is 41.1 Å². The number of hydrogen-bond donors (Lipinski definition) is 0. The van der Waals surface area contributed by atoms with Gasteiger partial charge >= 0.3 is 5.97 Å². The lowest BCUT2D eigenvalue weighted by Crippen LogP contribution is -2.03. The van der Waals surface area contributed by atoms with Gasteiger partial charge in [-0.25, -0.2) is 4.79 Å². The van der Waals surface area contributed by atoms with Crippen LogP contribution in [0, 0.1) is 6.92 Å². The summed E-state index contributed by atoms with van der Waals surface area (Å²) in [5, 5.41) is 1.77. The fourth-order valence-corrected chi connectivity index (χ4v) is 2.73. The van der Waals surface area contributed by atoms with Crippen molar-refractivity contribution in [3.63, 3.8) is 0 Å². The molecule has 2 rings (SSSR count). The molecule has 0 aromatic carbocycles. The van der Waals surface area contributed by atoms with E-state index in [4.69, 9.17) is 27.9 Å². The van der Waals surface area contributed by atoms with Gasteiger partial charge in [0.25, 0.3) is 0 Å². The Morgan fingerprint density at radius 3 is 2.44 bits per heavy atom. The molecule has 8 heteroatoms. The smallest absolute Gasteiger partial charge is 0.348 e. The number of halogens is 2. The van der Waals surface area contributed by atoms with Gasteiger partial charge in [0.1, 0.15) is 4.88 Å². The van der Waals surface area contributed by atoms with Gasteiger partial charge in [0.05, 0.1) is 7.11 Å². The van der Waals surface area contributed by atoms with Crippen LogP contribution in [0.2, 0.25) is 10.6 Å². The van der Waals surface area contributed by atoms with Crippen LogP contribution in [0.1, 0.15) is 15.2 Å². The fraction of sp³-hybridized carbons (Fsp3) is 0.200. The minimum atomic E-state index is -0.448. The first-order chi connectivity index (χ1) is 8.52. The van der Waals surface area contributed by atoms with Crippen LogP contribution in [0.4, 0.5) is 0 Å². The molecule has 0 saturated carbocycles. The summed E-state index contributed by atoms with van der Waals surface area (Å²) >= 11 is 12.7. The van der Waals surface area contributed by atoms with Crippen molar-refractivity contribution in [2.24, 2.45) is 0 Å². The van der Waals surface area contributed by atoms with E-state index >= 15 is 0 Å². The quantitative estimate of drug-likeness (QED) is 0.798. The third kappa shape index (κ3) is 2.45. The number of rotatable bonds is 2. The molecule has 0 unspecified atom stereocenters. The van der Waals surface area contributed by atoms with E-state index < -0.39 is 5.97 Å². The second-order valence-corrected chi connectivity index (χ2v) is 4.87. The number of methoxy groups -OCH3 is 1. The van der Waals surface area contributed by atoms with Gasteiger partial charge in [0.2, 0.25) is 10.6 Å². The largest absolute Gasteiger partial charge is 0.465 e. The summed E-state index contributed by atoms with van der Waals surface area (Å²) in [5.41, 5.74) is 1.41. The Labute approximate surface area is 117 Å². The van der Waals surface area contributed by atoms with Crippen molar-refractivity contribution in [2.75, 3.05) is 7.11 Å². The summed E-state index contributed by atoms with van der Waals surface area (Å²) in [5.74, 6) is -0.185. The lowest BCUT2D eigenvalue weighted by Gasteiger charge is -2.03. The first-order valence-electron chi connectivity index (χ1n) is 4.76. The van der Waals surface area contributed by atoms with Crippen LogP contribution in [-0.4, -0.2) is 28.0 Å². The summed E-state index contributed by atoms with van der Waals surface area (Å²) < 4.78 is 4.71. The zero-order chi connectivity index (χ0) is 13.3. The number of carbonyl (C=O) groups is 1. The van der Waals surface area contributed by atoms with Crippen molar-refractivity contribution in [1.82, 2.24) is 15.0 Å². The van der Waals surface area contributed by atoms with Crippen LogP contribution in [0.25, 0.3) is 11.4 Å². The number of hydrogen-bond acceptors (Lipinski definition) is 6. The topological polar surface area (TPSA) is 65.0 Å². The van der Waals surface area contributed by atoms with E-state index in [0.29, 0.717) is 10.4 Å². The summed E-state index contributed by atoms with van der Waals surface area (Å²) in [6.45, 7) is 1.84. The Morgan fingerprint density at radius 2 is 1.89 bits per heavy atom. The summed E-state index contributed by atoms with van der Waals surface area (Å²) in [6.07, 6.45) is 0. The average Bonchev–Trinajstić information content (AvgIpc) is 2.69. The fourth-order valence-electron chi connectivity index (χ4n) is 1.40. The Hall–Kier alpha value is -1.24. The van der Waals surface area contributed by atoms with Crippen molar-refractivity contribution >= 4 is 40.5 Å². The minimum Gasteiger partial charge on any atom is -0.465 e. The molecule has 2 aromatic heterocycles. The van der Waals surface area contributed by atoms with Crippen LogP contribution >= 0.6 is 34.5 Å². The Kier molecular flexibility index (Phi) is 3.79. The van der Waals surface area contributed by atoms with E-state index in [1.165, 1.54) is 18.4 Å². The standard InChI is InChI=1S/C10H7Cl2N3O2S/c1-4-3-18-6(8(16)17-2)5(4)7-13-9(11)15-10(12)14-7/h3H,1-2H3. The maximum Gasteiger partial charge on any atom is 0.348 e. The molecular weight excluding hydrogens is 297 g/mol. The SMILES string of the molecule is COC(=O)c1scc(C)c1-c1nc(Cl)nc(Cl)n1. The zero-order valence-corrected chi connectivity index (χ0v) is 11.7. The van der Waals surface area contributed by atoms with Crippen LogP contribution in [0.3, 0.4) is 0 Å². The molecular formula is C10H7Cl2N3O2S. The molecule has 0 aliphatic rings. The molecule has 2 aromatic rings. The molecule has 18 heavy (non-hydrogen) atoms. The third-order valence-electron chi connectivity index (χ3n) is 2.15. The van der Waals surface area contributed by atoms with E-state index in [0.717, 1.165) is 5.56 Å². The van der Waals surface area contributed by atoms with Gasteiger partial charge < -0.3 is 4.74 Å². The Balaban J connectivity index is 2.62. The predicted molar refractivity (Wildman–Crippen MR) is 69.2 cm³/mol. The molecule has 0 bridgehead atoms. The second kappa shape index (κ2) is 5.17. The maximum atomic E-state index is 11.6. The van der Waals surface area contributed by atoms with Crippen molar-refractivity contribution in [3.05, 3.63) is 26.4 Å². The molecule has 5 nitrogen and oxygen atoms in total. The molecule has 0 amide bonds. The normalized spacial score (nSPS) is 10.4. The summed E-state index contributed by atoms with van der Waals surface area (Å²) in [4.78, 5) is 23.7. The van der Waals surface area contributed by atoms with E-state index in [1.54, 1.807) is 0 Å². The van der Waals surface area contributed by atoms with Crippen molar-refractivity contribution in [2.45, 2.75) is 6.92 Å². The molecule has 0 aliphatic carbocycles. The molecule has 0 N–H and O–H groups in total. The summed E-state index contributed by atoms with van der Waals surface area (Å²) in [7, 11) is 1.31. The highest BCUT2D eigenvalue weighted by molar-refractivity contribution is 7.12. The third-order valence-corrected chi connectivity index (χ3v) is 3.57. The van der Waals surface area contributed by atoms with Crippen molar-refractivity contribution < 1.29 is 9.53 Å². The van der Waals surface area contributed by atoms with Gasteiger partial charge in [0.15, 0.2) is 5.82 Å². The molecule has 2 heterocycles. The van der Waals surface area contributed by atoms with Crippen LogP contribution in [0.5, 0.6) is 0 Å². The number of carbonyl (C=O) groups excluding carboxylic acids is 1. The maximum absolute atomic E-state index is 11.6. The van der Waals surface area contributed by atoms with Crippen LogP contribution in [-0.2, 0) is 4.74 Å². The second-order valence-electron chi connectivity index (χ2n) is 3.31. The monoisotopic (exact) mass is 303 g/mol. The van der Waals surface area contributed by atoms with Gasteiger partial charge in [0, 0.05) is 5.56 Å². The number of esters is 1. The molecule has 0 saturated heterocycles. The molecule has 0 aliphatic heterocycles. The number of nitrogens with zero attached hydrogens (tertiary/aromatic N) is 3. The van der Waals surface area contributed by atoms with Crippen molar-refractivity contribution in [3.8, 4) is 11.4 Å².